The molecule has 0 bridgehead atoms. The van der Waals surface area contributed by atoms with Crippen molar-refractivity contribution in [2.75, 3.05) is 13.6 Å². The lowest BCUT2D eigenvalue weighted by Gasteiger charge is -2.24. The Morgan fingerprint density at radius 3 is 2.60 bits per heavy atom. The summed E-state index contributed by atoms with van der Waals surface area (Å²) in [5.74, 6) is 6.03. The van der Waals surface area contributed by atoms with Crippen LogP contribution < -0.4 is 0 Å². The Morgan fingerprint density at radius 1 is 1.33 bits per heavy atom. The van der Waals surface area contributed by atoms with Crippen molar-refractivity contribution in [2.24, 2.45) is 0 Å². The van der Waals surface area contributed by atoms with Crippen LogP contribution >= 0.6 is 0 Å². The smallest absolute Gasteiger partial charge is 0.0249 e. The van der Waals surface area contributed by atoms with E-state index in [-0.39, 0.29) is 0 Å². The molecule has 0 amide bonds. The van der Waals surface area contributed by atoms with E-state index >= 15 is 0 Å². The van der Waals surface area contributed by atoms with Crippen LogP contribution in [0, 0.1) is 11.8 Å². The number of hydrogen-bond acceptors (Lipinski definition) is 1. The van der Waals surface area contributed by atoms with Gasteiger partial charge in [0.05, 0.1) is 0 Å². The van der Waals surface area contributed by atoms with Gasteiger partial charge in [0, 0.05) is 19.0 Å². The fraction of sp³-hybridized carbons (Fsp3) is 0.571. The molecular weight excluding hydrogens is 182 g/mol. The van der Waals surface area contributed by atoms with Gasteiger partial charge in [-0.15, -0.1) is 0 Å². The summed E-state index contributed by atoms with van der Waals surface area (Å²) >= 11 is 0. The van der Waals surface area contributed by atoms with Crippen LogP contribution in [0.3, 0.4) is 0 Å². The highest BCUT2D eigenvalue weighted by atomic mass is 15.1. The van der Waals surface area contributed by atoms with Crippen LogP contribution in [0.15, 0.2) is 24.8 Å². The van der Waals surface area contributed by atoms with Crippen molar-refractivity contribution in [1.29, 1.82) is 0 Å². The zero-order valence-corrected chi connectivity index (χ0v) is 10.3. The predicted octanol–water partition coefficient (Wildman–Crippen LogP) is 3.24. The van der Waals surface area contributed by atoms with Gasteiger partial charge >= 0.3 is 0 Å². The van der Waals surface area contributed by atoms with Crippen molar-refractivity contribution >= 4 is 0 Å². The van der Waals surface area contributed by atoms with Gasteiger partial charge in [-0.05, 0) is 26.0 Å². The maximum Gasteiger partial charge on any atom is 0.0249 e. The summed E-state index contributed by atoms with van der Waals surface area (Å²) in [5.41, 5.74) is 0. The average molecular weight is 205 g/mol. The van der Waals surface area contributed by atoms with Gasteiger partial charge in [-0.3, -0.25) is 4.90 Å². The maximum atomic E-state index is 3.59. The first kappa shape index (κ1) is 14.0. The first-order valence-corrected chi connectivity index (χ1v) is 5.70. The molecule has 0 rings (SSSR count). The van der Waals surface area contributed by atoms with Crippen LogP contribution in [0.4, 0.5) is 0 Å². The van der Waals surface area contributed by atoms with Crippen LogP contribution in [0.1, 0.15) is 33.1 Å². The molecule has 84 valence electrons. The second-order valence-electron chi connectivity index (χ2n) is 3.61. The second-order valence-corrected chi connectivity index (χ2v) is 3.61. The first-order valence-electron chi connectivity index (χ1n) is 5.70. The lowest BCUT2D eigenvalue weighted by Crippen LogP contribution is -2.30. The minimum Gasteiger partial charge on any atom is -0.299 e. The molecule has 0 heterocycles. The van der Waals surface area contributed by atoms with E-state index in [1.54, 1.807) is 6.08 Å². The molecule has 0 fully saturated rings. The Hall–Kier alpha value is -1.00. The van der Waals surface area contributed by atoms with Gasteiger partial charge in [0.2, 0.25) is 0 Å². The lowest BCUT2D eigenvalue weighted by atomic mass is 10.1. The maximum absolute atomic E-state index is 3.59. The number of nitrogens with zero attached hydrogens (tertiary/aromatic N) is 1. The van der Waals surface area contributed by atoms with Gasteiger partial charge in [-0.25, -0.2) is 0 Å². The zero-order chi connectivity index (χ0) is 11.5. The topological polar surface area (TPSA) is 3.24 Å². The van der Waals surface area contributed by atoms with Crippen molar-refractivity contribution in [1.82, 2.24) is 4.90 Å². The predicted molar refractivity (Wildman–Crippen MR) is 68.7 cm³/mol. The molecule has 1 unspecified atom stereocenters. The first-order chi connectivity index (χ1) is 7.26. The Kier molecular flexibility index (Phi) is 8.91. The Balaban J connectivity index is 4.03. The quantitative estimate of drug-likeness (QED) is 0.475. The summed E-state index contributed by atoms with van der Waals surface area (Å²) in [5, 5.41) is 0. The van der Waals surface area contributed by atoms with Gasteiger partial charge < -0.3 is 0 Å². The summed E-state index contributed by atoms with van der Waals surface area (Å²) in [7, 11) is 2.16. The summed E-state index contributed by atoms with van der Waals surface area (Å²) in [6, 6.07) is 0.555. The molecule has 1 atom stereocenters. The Bertz CT molecular complexity index is 242. The van der Waals surface area contributed by atoms with Crippen molar-refractivity contribution in [3.05, 3.63) is 24.8 Å². The van der Waals surface area contributed by atoms with E-state index in [0.29, 0.717) is 6.04 Å². The van der Waals surface area contributed by atoms with E-state index < -0.39 is 0 Å². The highest BCUT2D eigenvalue weighted by molar-refractivity contribution is 5.13. The number of allylic oxidation sites excluding steroid dienone is 2. The van der Waals surface area contributed by atoms with Gasteiger partial charge in [-0.2, -0.15) is 0 Å². The monoisotopic (exact) mass is 205 g/mol. The molecule has 1 heteroatoms. The van der Waals surface area contributed by atoms with Gasteiger partial charge in [0.25, 0.3) is 0 Å². The van der Waals surface area contributed by atoms with Gasteiger partial charge in [0.15, 0.2) is 0 Å². The van der Waals surface area contributed by atoms with Crippen LogP contribution in [0.25, 0.3) is 0 Å². The molecule has 0 saturated heterocycles. The fourth-order valence-corrected chi connectivity index (χ4v) is 1.42. The highest BCUT2D eigenvalue weighted by Crippen LogP contribution is 2.05. The SMILES string of the molecule is C=CC#CCC(CC)N(C)C/C=C\CC. The average Bonchev–Trinajstić information content (AvgIpc) is 2.24. The summed E-state index contributed by atoms with van der Waals surface area (Å²) < 4.78 is 0. The minimum absolute atomic E-state index is 0.555. The summed E-state index contributed by atoms with van der Waals surface area (Å²) in [6.07, 6.45) is 9.27. The molecule has 0 aliphatic heterocycles. The molecule has 0 radical (unpaired) electrons. The molecule has 0 aliphatic rings. The largest absolute Gasteiger partial charge is 0.299 e. The molecule has 0 spiro atoms. The van der Waals surface area contributed by atoms with E-state index in [0.717, 1.165) is 25.8 Å². The molecule has 0 aromatic carbocycles. The van der Waals surface area contributed by atoms with Crippen LogP contribution in [0.5, 0.6) is 0 Å². The number of rotatable bonds is 6. The lowest BCUT2D eigenvalue weighted by molar-refractivity contribution is 0.263. The molecule has 0 aromatic heterocycles. The van der Waals surface area contributed by atoms with Crippen molar-refractivity contribution < 1.29 is 0 Å². The Labute approximate surface area is 94.9 Å². The van der Waals surface area contributed by atoms with Crippen molar-refractivity contribution in [3.8, 4) is 11.8 Å². The molecule has 0 saturated carbocycles. The third-order valence-electron chi connectivity index (χ3n) is 2.43. The van der Waals surface area contributed by atoms with Crippen molar-refractivity contribution in [3.63, 3.8) is 0 Å². The molecule has 0 aromatic rings. The molecule has 15 heavy (non-hydrogen) atoms. The third-order valence-corrected chi connectivity index (χ3v) is 2.43. The van der Waals surface area contributed by atoms with E-state index in [1.165, 1.54) is 0 Å². The summed E-state index contributed by atoms with van der Waals surface area (Å²) in [6.45, 7) is 8.97. The van der Waals surface area contributed by atoms with Crippen LogP contribution in [-0.4, -0.2) is 24.5 Å². The van der Waals surface area contributed by atoms with Crippen LogP contribution in [-0.2, 0) is 0 Å². The highest BCUT2D eigenvalue weighted by Gasteiger charge is 2.08. The number of likely N-dealkylation sites (N-methyl/N-ethyl adjacent to an activating group) is 1. The standard InChI is InChI=1S/C14H23N/c1-5-8-10-12-14(7-3)15(4)13-11-9-6-2/h5,9,11,14H,1,6-7,12-13H2,2-4H3/b11-9-. The molecule has 1 nitrogen and oxygen atoms in total. The Morgan fingerprint density at radius 2 is 2.07 bits per heavy atom. The fourth-order valence-electron chi connectivity index (χ4n) is 1.42. The van der Waals surface area contributed by atoms with E-state index in [4.69, 9.17) is 0 Å². The van der Waals surface area contributed by atoms with E-state index in [1.807, 2.05) is 0 Å². The molecule has 0 N–H and O–H groups in total. The van der Waals surface area contributed by atoms with E-state index in [9.17, 15) is 0 Å². The zero-order valence-electron chi connectivity index (χ0n) is 10.3. The van der Waals surface area contributed by atoms with Crippen molar-refractivity contribution in [2.45, 2.75) is 39.2 Å². The summed E-state index contributed by atoms with van der Waals surface area (Å²) in [4.78, 5) is 2.35. The minimum atomic E-state index is 0.555. The van der Waals surface area contributed by atoms with Crippen LogP contribution in [0.2, 0.25) is 0 Å². The number of hydrogen-bond donors (Lipinski definition) is 0. The third kappa shape index (κ3) is 6.99. The second kappa shape index (κ2) is 9.55. The molecule has 0 aliphatic carbocycles. The normalized spacial score (nSPS) is 12.5. The molecular formula is C14H23N. The van der Waals surface area contributed by atoms with Gasteiger partial charge in [-0.1, -0.05) is 44.4 Å². The van der Waals surface area contributed by atoms with Gasteiger partial charge in [0.1, 0.15) is 0 Å². The van der Waals surface area contributed by atoms with E-state index in [2.05, 4.69) is 56.4 Å².